The Bertz CT molecular complexity index is 4900. The third kappa shape index (κ3) is 18.9. The summed E-state index contributed by atoms with van der Waals surface area (Å²) < 4.78 is 39.9. The van der Waals surface area contributed by atoms with E-state index in [0.29, 0.717) is 5.56 Å². The third-order valence-electron chi connectivity index (χ3n) is 17.4. The summed E-state index contributed by atoms with van der Waals surface area (Å²) in [7, 11) is 1.29. The maximum atomic E-state index is 13.6. The molecule has 17 nitrogen and oxygen atoms in total. The average molecular weight is 1410 g/mol. The van der Waals surface area contributed by atoms with Crippen molar-refractivity contribution in [2.24, 2.45) is 5.16 Å². The fourth-order valence-electron chi connectivity index (χ4n) is 11.7. The summed E-state index contributed by atoms with van der Waals surface area (Å²) in [6.45, 7) is -0.994. The Labute approximate surface area is 612 Å². The first-order valence-electron chi connectivity index (χ1n) is 34.0. The molecule has 13 rings (SSSR count). The van der Waals surface area contributed by atoms with Gasteiger partial charge in [0, 0.05) is 0 Å². The van der Waals surface area contributed by atoms with E-state index in [9.17, 15) is 39.0 Å². The van der Waals surface area contributed by atoms with Gasteiger partial charge < -0.3 is 48.2 Å². The number of benzene rings is 12. The van der Waals surface area contributed by atoms with E-state index in [1.165, 1.54) is 7.11 Å². The predicted molar refractivity (Wildman–Crippen MR) is 401 cm³/mol. The summed E-state index contributed by atoms with van der Waals surface area (Å²) >= 11 is 0. The van der Waals surface area contributed by atoms with Gasteiger partial charge in [-0.05, 0) is 140 Å². The van der Waals surface area contributed by atoms with Gasteiger partial charge in [-0.25, -0.2) is 28.8 Å². The van der Waals surface area contributed by atoms with Gasteiger partial charge in [0.1, 0.15) is 32.5 Å². The molecule has 17 heteroatoms. The van der Waals surface area contributed by atoms with Gasteiger partial charge in [-0.1, -0.05) is 260 Å². The highest BCUT2D eigenvalue weighted by Gasteiger charge is 2.50. The number of ether oxygens (including phenoxy) is 7. The van der Waals surface area contributed by atoms with E-state index in [1.54, 1.807) is 133 Å². The predicted octanol–water partition coefficient (Wildman–Crippen LogP) is 16.3. The van der Waals surface area contributed by atoms with Gasteiger partial charge in [0.05, 0.1) is 39.6 Å². The maximum Gasteiger partial charge on any atom is 0.338 e. The molecule has 0 aromatic heterocycles. The van der Waals surface area contributed by atoms with Gasteiger partial charge in [0.15, 0.2) is 30.7 Å². The van der Waals surface area contributed by atoms with Crippen molar-refractivity contribution in [3.8, 4) is 66.8 Å². The second-order valence-electron chi connectivity index (χ2n) is 24.4. The van der Waals surface area contributed by atoms with E-state index >= 15 is 0 Å². The Kier molecular flexibility index (Phi) is 24.4. The molecule has 1 unspecified atom stereocenters. The molecule has 1 saturated heterocycles. The minimum absolute atomic E-state index is 0.174. The standard InChI is InChI=1S/C45H37NO8.C44H34O8/c1-51-46-29-41(53-44(49)38-25-19-35(20-26-38)32-13-7-3-8-14-32)42(54-45(50)39-27-21-36(22-28-39)33-15-9-4-10-16-33)40(47)30-52-43(48)37-23-17-34(18-24-37)31-11-5-2-6-12-31;45-41(35-22-16-32(17-23-35)29-10-4-1-5-11-29)49-28-38-39(51-42(46)36-24-18-33(19-25-36)30-12-6-2-7-13-30)40(44(48)50-38)52-43(47)37-26-20-34(21-27-37)31-14-8-3-9-15-31/h2-29,40-42,47H,30H2,1H3;1-27,38-40,44,48H,28H2/b46-29+;/t40-,41+,42-;38-,39-,40-,44?/m00/s1. The van der Waals surface area contributed by atoms with Crippen molar-refractivity contribution >= 4 is 42.0 Å². The summed E-state index contributed by atoms with van der Waals surface area (Å²) in [6, 6.07) is 99.0. The second-order valence-corrected chi connectivity index (χ2v) is 24.4. The van der Waals surface area contributed by atoms with Crippen LogP contribution >= 0.6 is 0 Å². The van der Waals surface area contributed by atoms with E-state index in [2.05, 4.69) is 5.16 Å². The zero-order valence-corrected chi connectivity index (χ0v) is 57.3. The van der Waals surface area contributed by atoms with Crippen molar-refractivity contribution in [2.75, 3.05) is 20.3 Å². The molecule has 1 heterocycles. The summed E-state index contributed by atoms with van der Waals surface area (Å²) in [5.41, 5.74) is 12.7. The van der Waals surface area contributed by atoms with Crippen LogP contribution in [0.3, 0.4) is 0 Å². The Morgan fingerprint density at radius 1 is 0.349 bits per heavy atom. The Balaban J connectivity index is 0.000000199. The number of carbonyl (C=O) groups excluding carboxylic acids is 6. The van der Waals surface area contributed by atoms with Crippen molar-refractivity contribution in [3.63, 3.8) is 0 Å². The summed E-state index contributed by atoms with van der Waals surface area (Å²) in [4.78, 5) is 84.9. The van der Waals surface area contributed by atoms with Crippen LogP contribution in [0, 0.1) is 0 Å². The number of hydrogen-bond donors (Lipinski definition) is 2. The number of aliphatic hydroxyl groups is 2. The molecule has 12 aromatic rings. The minimum Gasteiger partial charge on any atom is -0.459 e. The first-order valence-corrected chi connectivity index (χ1v) is 34.0. The molecule has 7 atom stereocenters. The third-order valence-corrected chi connectivity index (χ3v) is 17.4. The van der Waals surface area contributed by atoms with Crippen LogP contribution in [-0.4, -0.2) is 115 Å². The molecule has 12 aromatic carbocycles. The van der Waals surface area contributed by atoms with Crippen molar-refractivity contribution in [1.29, 1.82) is 0 Å². The van der Waals surface area contributed by atoms with E-state index in [4.69, 9.17) is 38.0 Å². The lowest BCUT2D eigenvalue weighted by Gasteiger charge is -2.28. The van der Waals surface area contributed by atoms with Crippen LogP contribution in [0.2, 0.25) is 0 Å². The van der Waals surface area contributed by atoms with Gasteiger partial charge in [0.2, 0.25) is 0 Å². The number of oxime groups is 1. The molecule has 0 spiro atoms. The van der Waals surface area contributed by atoms with Crippen LogP contribution in [0.5, 0.6) is 0 Å². The summed E-state index contributed by atoms with van der Waals surface area (Å²) in [5.74, 6) is -4.44. The van der Waals surface area contributed by atoms with E-state index in [-0.39, 0.29) is 34.4 Å². The van der Waals surface area contributed by atoms with Gasteiger partial charge >= 0.3 is 35.8 Å². The number of hydrogen-bond acceptors (Lipinski definition) is 17. The fourth-order valence-corrected chi connectivity index (χ4v) is 11.7. The van der Waals surface area contributed by atoms with Crippen molar-refractivity contribution in [2.45, 2.75) is 42.9 Å². The van der Waals surface area contributed by atoms with Gasteiger partial charge in [-0.15, -0.1) is 0 Å². The Hall–Kier alpha value is -13.2. The molecule has 0 amide bonds. The molecule has 1 fully saturated rings. The van der Waals surface area contributed by atoms with Crippen LogP contribution in [0.15, 0.2) is 333 Å². The molecule has 2 N–H and O–H groups in total. The largest absolute Gasteiger partial charge is 0.459 e. The van der Waals surface area contributed by atoms with Gasteiger partial charge in [-0.3, -0.25) is 0 Å². The average Bonchev–Trinajstić information content (AvgIpc) is 1.64. The van der Waals surface area contributed by atoms with Crippen LogP contribution < -0.4 is 0 Å². The quantitative estimate of drug-likeness (QED) is 0.0248. The topological polar surface area (TPSA) is 229 Å². The van der Waals surface area contributed by atoms with Gasteiger partial charge in [-0.2, -0.15) is 0 Å². The smallest absolute Gasteiger partial charge is 0.338 e. The van der Waals surface area contributed by atoms with Crippen LogP contribution in [0.4, 0.5) is 0 Å². The number of aliphatic hydroxyl groups excluding tert-OH is 2. The van der Waals surface area contributed by atoms with Gasteiger partial charge in [0.25, 0.3) is 0 Å². The molecule has 1 aliphatic rings. The summed E-state index contributed by atoms with van der Waals surface area (Å²) in [5, 5.41) is 26.2. The number of carbonyl (C=O) groups is 6. The first kappa shape index (κ1) is 72.6. The lowest BCUT2D eigenvalue weighted by molar-refractivity contribution is -0.135. The zero-order valence-electron chi connectivity index (χ0n) is 57.3. The molecule has 0 aliphatic carbocycles. The SMILES string of the molecule is CO/N=C/[C@@H](OC(=O)c1ccc(-c2ccccc2)cc1)[C@@H](OC(=O)c1ccc(-c2ccccc2)cc1)[C@@H](O)COC(=O)c1ccc(-c2ccccc2)cc1.O=C(OC[C@@H]1OC(O)[C@@H](OC(=O)c2ccc(-c3ccccc3)cc2)[C@H]1OC(=O)c1ccc(-c2ccccc2)cc1)c1ccc(-c2ccccc2)cc1. The van der Waals surface area contributed by atoms with Crippen molar-refractivity contribution in [1.82, 2.24) is 0 Å². The van der Waals surface area contributed by atoms with Crippen LogP contribution in [-0.2, 0) is 38.0 Å². The van der Waals surface area contributed by atoms with Crippen LogP contribution in [0.1, 0.15) is 62.1 Å². The molecule has 106 heavy (non-hydrogen) atoms. The molecule has 0 radical (unpaired) electrons. The van der Waals surface area contributed by atoms with E-state index in [1.807, 2.05) is 194 Å². The molecular formula is C89H71NO16. The molecule has 528 valence electrons. The lowest BCUT2D eigenvalue weighted by atomic mass is 10.0. The number of rotatable bonds is 24. The monoisotopic (exact) mass is 1410 g/mol. The highest BCUT2D eigenvalue weighted by molar-refractivity contribution is 5.94. The lowest BCUT2D eigenvalue weighted by Crippen LogP contribution is -2.46. The maximum absolute atomic E-state index is 13.6. The minimum atomic E-state index is -1.67. The molecular weight excluding hydrogens is 1340 g/mol. The molecule has 0 saturated carbocycles. The second kappa shape index (κ2) is 35.6. The first-order chi connectivity index (χ1) is 51.8. The highest BCUT2D eigenvalue weighted by atomic mass is 16.7. The summed E-state index contributed by atoms with van der Waals surface area (Å²) in [6.07, 6.45) is -9.14. The van der Waals surface area contributed by atoms with E-state index < -0.39 is 85.3 Å². The zero-order chi connectivity index (χ0) is 73.6. The van der Waals surface area contributed by atoms with Crippen molar-refractivity contribution in [3.05, 3.63) is 361 Å². The normalized spacial score (nSPS) is 15.2. The molecule has 1 aliphatic heterocycles. The molecule has 0 bridgehead atoms. The fraction of sp³-hybridized carbons (Fsp3) is 0.112. The number of esters is 6. The Morgan fingerprint density at radius 2 is 0.613 bits per heavy atom. The number of nitrogens with zero attached hydrogens (tertiary/aromatic N) is 1. The Morgan fingerprint density at radius 3 is 0.925 bits per heavy atom. The van der Waals surface area contributed by atoms with Crippen molar-refractivity contribution < 1.29 is 77.0 Å². The highest BCUT2D eigenvalue weighted by Crippen LogP contribution is 2.31. The van der Waals surface area contributed by atoms with Crippen LogP contribution in [0.25, 0.3) is 66.8 Å². The van der Waals surface area contributed by atoms with E-state index in [0.717, 1.165) is 73.0 Å².